The van der Waals surface area contributed by atoms with E-state index < -0.39 is 0 Å². The zero-order valence-electron chi connectivity index (χ0n) is 13.6. The Balaban J connectivity index is 1.55. The van der Waals surface area contributed by atoms with Crippen LogP contribution in [0.4, 0.5) is 17.2 Å². The van der Waals surface area contributed by atoms with Gasteiger partial charge in [0.05, 0.1) is 23.1 Å². The van der Waals surface area contributed by atoms with Gasteiger partial charge in [0.2, 0.25) is 0 Å². The lowest BCUT2D eigenvalue weighted by Gasteiger charge is -2.11. The maximum Gasteiger partial charge on any atom is 0.141 e. The molecule has 2 heterocycles. The number of furan rings is 1. The summed E-state index contributed by atoms with van der Waals surface area (Å²) in [5, 5.41) is 4.58. The van der Waals surface area contributed by atoms with Crippen molar-refractivity contribution in [3.05, 3.63) is 71.9 Å². The lowest BCUT2D eigenvalue weighted by molar-refractivity contribution is 0.305. The van der Waals surface area contributed by atoms with Crippen LogP contribution in [0.15, 0.2) is 65.7 Å². The van der Waals surface area contributed by atoms with Crippen LogP contribution in [0.25, 0.3) is 10.9 Å². The smallest absolute Gasteiger partial charge is 0.141 e. The summed E-state index contributed by atoms with van der Waals surface area (Å²) in [7, 11) is 0. The number of benzene rings is 2. The van der Waals surface area contributed by atoms with E-state index in [9.17, 15) is 0 Å². The van der Waals surface area contributed by atoms with E-state index in [2.05, 4.69) is 15.3 Å². The third-order valence-corrected chi connectivity index (χ3v) is 4.12. The number of aromatic nitrogens is 2. The van der Waals surface area contributed by atoms with E-state index in [0.717, 1.165) is 22.2 Å². The number of anilines is 3. The fourth-order valence-electron chi connectivity index (χ4n) is 2.54. The molecule has 0 unspecified atom stereocenters. The van der Waals surface area contributed by atoms with Crippen LogP contribution in [0.5, 0.6) is 5.75 Å². The molecule has 0 radical (unpaired) electrons. The van der Waals surface area contributed by atoms with E-state index in [0.29, 0.717) is 28.9 Å². The summed E-state index contributed by atoms with van der Waals surface area (Å²) >= 11 is 6.34. The minimum absolute atomic E-state index is 0.388. The molecule has 6 nitrogen and oxygen atoms in total. The predicted octanol–water partition coefficient (Wildman–Crippen LogP) is 4.78. The van der Waals surface area contributed by atoms with Crippen molar-refractivity contribution in [3.8, 4) is 5.75 Å². The van der Waals surface area contributed by atoms with E-state index in [1.807, 2.05) is 36.4 Å². The van der Waals surface area contributed by atoms with Gasteiger partial charge >= 0.3 is 0 Å². The van der Waals surface area contributed by atoms with Crippen molar-refractivity contribution in [3.63, 3.8) is 0 Å². The summed E-state index contributed by atoms with van der Waals surface area (Å²) in [6, 6.07) is 12.8. The van der Waals surface area contributed by atoms with Crippen LogP contribution in [0, 0.1) is 0 Å². The van der Waals surface area contributed by atoms with Gasteiger partial charge in [0.25, 0.3) is 0 Å². The van der Waals surface area contributed by atoms with E-state index in [4.69, 9.17) is 26.5 Å². The Bertz CT molecular complexity index is 1050. The molecule has 7 heteroatoms. The van der Waals surface area contributed by atoms with Crippen molar-refractivity contribution in [2.45, 2.75) is 6.61 Å². The van der Waals surface area contributed by atoms with E-state index >= 15 is 0 Å². The fourth-order valence-corrected chi connectivity index (χ4v) is 2.78. The number of fused-ring (bicyclic) bond motifs is 1. The molecular weight excluding hydrogens is 352 g/mol. The van der Waals surface area contributed by atoms with Gasteiger partial charge in [-0.2, -0.15) is 0 Å². The minimum Gasteiger partial charge on any atom is -0.487 e. The van der Waals surface area contributed by atoms with Crippen LogP contribution in [0.1, 0.15) is 5.56 Å². The molecule has 0 fully saturated rings. The Morgan fingerprint density at radius 1 is 1.12 bits per heavy atom. The maximum absolute atomic E-state index is 6.34. The Labute approximate surface area is 154 Å². The Hall–Kier alpha value is -3.25. The lowest BCUT2D eigenvalue weighted by Crippen LogP contribution is -1.98. The molecule has 130 valence electrons. The first-order chi connectivity index (χ1) is 12.7. The van der Waals surface area contributed by atoms with Gasteiger partial charge in [0.1, 0.15) is 24.5 Å². The van der Waals surface area contributed by atoms with Crippen molar-refractivity contribution < 1.29 is 9.15 Å². The molecule has 2 aromatic heterocycles. The first-order valence-electron chi connectivity index (χ1n) is 7.90. The van der Waals surface area contributed by atoms with Gasteiger partial charge < -0.3 is 20.2 Å². The number of halogens is 1. The second-order valence-electron chi connectivity index (χ2n) is 5.69. The molecule has 0 aliphatic rings. The molecule has 0 spiro atoms. The highest BCUT2D eigenvalue weighted by atomic mass is 35.5. The number of rotatable bonds is 5. The Kier molecular flexibility index (Phi) is 4.33. The average molecular weight is 367 g/mol. The predicted molar refractivity (Wildman–Crippen MR) is 102 cm³/mol. The number of nitrogen functional groups attached to an aromatic ring is 1. The largest absolute Gasteiger partial charge is 0.487 e. The summed E-state index contributed by atoms with van der Waals surface area (Å²) in [5.41, 5.74) is 9.06. The van der Waals surface area contributed by atoms with Crippen LogP contribution in [0.2, 0.25) is 5.02 Å². The zero-order valence-corrected chi connectivity index (χ0v) is 14.4. The van der Waals surface area contributed by atoms with Gasteiger partial charge in [0, 0.05) is 22.3 Å². The number of hydrogen-bond donors (Lipinski definition) is 2. The second kappa shape index (κ2) is 6.93. The van der Waals surface area contributed by atoms with Crippen LogP contribution in [-0.2, 0) is 6.61 Å². The molecule has 0 saturated carbocycles. The first kappa shape index (κ1) is 16.2. The monoisotopic (exact) mass is 366 g/mol. The molecule has 3 N–H and O–H groups in total. The SMILES string of the molecule is Nc1ccc2ncnc(Nc3ccc(OCc4ccoc4)c(Cl)c3)c2c1. The second-order valence-corrected chi connectivity index (χ2v) is 6.10. The van der Waals surface area contributed by atoms with E-state index in [-0.39, 0.29) is 0 Å². The van der Waals surface area contributed by atoms with Gasteiger partial charge in [-0.15, -0.1) is 0 Å². The van der Waals surface area contributed by atoms with Crippen LogP contribution < -0.4 is 15.8 Å². The Morgan fingerprint density at radius 2 is 2.04 bits per heavy atom. The third kappa shape index (κ3) is 3.41. The van der Waals surface area contributed by atoms with Crippen LogP contribution >= 0.6 is 11.6 Å². The lowest BCUT2D eigenvalue weighted by atomic mass is 10.2. The number of hydrogen-bond acceptors (Lipinski definition) is 6. The van der Waals surface area contributed by atoms with Gasteiger partial charge in [-0.05, 0) is 42.5 Å². The van der Waals surface area contributed by atoms with Gasteiger partial charge in [-0.3, -0.25) is 0 Å². The third-order valence-electron chi connectivity index (χ3n) is 3.83. The molecule has 0 amide bonds. The summed E-state index contributed by atoms with van der Waals surface area (Å²) in [5.74, 6) is 1.25. The van der Waals surface area contributed by atoms with Crippen molar-refractivity contribution >= 4 is 39.7 Å². The van der Waals surface area contributed by atoms with Gasteiger partial charge in [-0.25, -0.2) is 9.97 Å². The number of ether oxygens (including phenoxy) is 1. The quantitative estimate of drug-likeness (QED) is 0.494. The molecule has 4 rings (SSSR count). The van der Waals surface area contributed by atoms with Crippen LogP contribution in [0.3, 0.4) is 0 Å². The van der Waals surface area contributed by atoms with Crippen molar-refractivity contribution in [1.82, 2.24) is 9.97 Å². The normalized spacial score (nSPS) is 10.8. The molecule has 0 aliphatic carbocycles. The average Bonchev–Trinajstić information content (AvgIpc) is 3.15. The van der Waals surface area contributed by atoms with Crippen molar-refractivity contribution in [2.75, 3.05) is 11.1 Å². The molecule has 2 aromatic carbocycles. The van der Waals surface area contributed by atoms with Gasteiger partial charge in [0.15, 0.2) is 0 Å². The highest BCUT2D eigenvalue weighted by Gasteiger charge is 2.08. The fraction of sp³-hybridized carbons (Fsp3) is 0.0526. The number of nitrogens with one attached hydrogen (secondary N) is 1. The first-order valence-corrected chi connectivity index (χ1v) is 8.27. The molecule has 4 aromatic rings. The summed E-state index contributed by atoms with van der Waals surface area (Å²) in [6.07, 6.45) is 4.74. The standard InChI is InChI=1S/C19H15ClN4O2/c20-16-8-14(2-4-18(16)26-10-12-5-6-25-9-12)24-19-15-7-13(21)1-3-17(15)22-11-23-19/h1-9,11H,10,21H2,(H,22,23,24). The highest BCUT2D eigenvalue weighted by Crippen LogP contribution is 2.31. The molecule has 0 bridgehead atoms. The summed E-state index contributed by atoms with van der Waals surface area (Å²) in [6.45, 7) is 0.388. The number of nitrogens with zero attached hydrogens (tertiary/aromatic N) is 2. The van der Waals surface area contributed by atoms with E-state index in [1.54, 1.807) is 18.6 Å². The zero-order chi connectivity index (χ0) is 17.9. The van der Waals surface area contributed by atoms with E-state index in [1.165, 1.54) is 6.33 Å². The topological polar surface area (TPSA) is 86.2 Å². The minimum atomic E-state index is 0.388. The molecule has 0 atom stereocenters. The summed E-state index contributed by atoms with van der Waals surface area (Å²) in [4.78, 5) is 8.55. The highest BCUT2D eigenvalue weighted by molar-refractivity contribution is 6.32. The summed E-state index contributed by atoms with van der Waals surface area (Å²) < 4.78 is 10.7. The van der Waals surface area contributed by atoms with Gasteiger partial charge in [-0.1, -0.05) is 11.6 Å². The van der Waals surface area contributed by atoms with Crippen molar-refractivity contribution in [2.24, 2.45) is 0 Å². The number of nitrogens with two attached hydrogens (primary N) is 1. The maximum atomic E-state index is 6.34. The Morgan fingerprint density at radius 3 is 2.85 bits per heavy atom. The molecular formula is C19H15ClN4O2. The molecule has 0 saturated heterocycles. The van der Waals surface area contributed by atoms with Crippen LogP contribution in [-0.4, -0.2) is 9.97 Å². The van der Waals surface area contributed by atoms with Crippen molar-refractivity contribution in [1.29, 1.82) is 0 Å². The molecule has 26 heavy (non-hydrogen) atoms. The molecule has 0 aliphatic heterocycles.